The summed E-state index contributed by atoms with van der Waals surface area (Å²) in [5.74, 6) is -0.647. The van der Waals surface area contributed by atoms with Gasteiger partial charge in [-0.25, -0.2) is 4.79 Å². The van der Waals surface area contributed by atoms with E-state index in [4.69, 9.17) is 16.7 Å². The van der Waals surface area contributed by atoms with Crippen LogP contribution in [0, 0.1) is 5.92 Å². The smallest absolute Gasteiger partial charge is 0.335 e. The third-order valence-corrected chi connectivity index (χ3v) is 6.44. The normalized spacial score (nSPS) is 11.8. The van der Waals surface area contributed by atoms with E-state index in [0.29, 0.717) is 40.2 Å². The van der Waals surface area contributed by atoms with Crippen LogP contribution in [0.25, 0.3) is 0 Å². The maximum atomic E-state index is 12.9. The number of nitrogens with one attached hydrogen (secondary N) is 2. The molecule has 0 spiro atoms. The van der Waals surface area contributed by atoms with Gasteiger partial charge in [0.1, 0.15) is 0 Å². The molecule has 3 N–H and O–H groups in total. The molecule has 0 saturated carbocycles. The van der Waals surface area contributed by atoms with Crippen LogP contribution in [0.15, 0.2) is 53.7 Å². The predicted molar refractivity (Wildman–Crippen MR) is 140 cm³/mol. The van der Waals surface area contributed by atoms with Crippen molar-refractivity contribution in [3.8, 4) is 0 Å². The standard InChI is InChI=1S/C25H28ClN5O4S/c1-4-31-22(20(12-15(2)3)28-23(33)16-8-10-18(26)11-9-16)29-30-25(31)36-14-21(32)27-19-7-5-6-17(13-19)24(34)35/h5-11,13,15,20H,4,12,14H2,1-3H3,(H,27,32)(H,28,33)(H,34,35). The maximum Gasteiger partial charge on any atom is 0.335 e. The molecule has 36 heavy (non-hydrogen) atoms. The number of anilines is 1. The van der Waals surface area contributed by atoms with Gasteiger partial charge in [-0.3, -0.25) is 9.59 Å². The number of nitrogens with zero attached hydrogens (tertiary/aromatic N) is 3. The van der Waals surface area contributed by atoms with Crippen molar-refractivity contribution in [2.24, 2.45) is 5.92 Å². The molecule has 0 aliphatic rings. The fourth-order valence-electron chi connectivity index (χ4n) is 3.56. The van der Waals surface area contributed by atoms with E-state index < -0.39 is 5.97 Å². The molecule has 1 heterocycles. The maximum absolute atomic E-state index is 12.9. The molecule has 1 unspecified atom stereocenters. The minimum Gasteiger partial charge on any atom is -0.478 e. The highest BCUT2D eigenvalue weighted by Crippen LogP contribution is 2.25. The van der Waals surface area contributed by atoms with E-state index in [2.05, 4.69) is 34.7 Å². The number of hydrogen-bond acceptors (Lipinski definition) is 6. The van der Waals surface area contributed by atoms with Gasteiger partial charge < -0.3 is 20.3 Å². The molecule has 0 saturated heterocycles. The van der Waals surface area contributed by atoms with Gasteiger partial charge in [-0.1, -0.05) is 43.3 Å². The highest BCUT2D eigenvalue weighted by molar-refractivity contribution is 7.99. The van der Waals surface area contributed by atoms with Crippen molar-refractivity contribution < 1.29 is 19.5 Å². The molecular weight excluding hydrogens is 502 g/mol. The Hall–Kier alpha value is -3.37. The molecule has 3 rings (SSSR count). The number of rotatable bonds is 11. The lowest BCUT2D eigenvalue weighted by Gasteiger charge is -2.21. The Morgan fingerprint density at radius 2 is 1.81 bits per heavy atom. The van der Waals surface area contributed by atoms with Gasteiger partial charge in [0.2, 0.25) is 5.91 Å². The Morgan fingerprint density at radius 3 is 2.44 bits per heavy atom. The number of carbonyl (C=O) groups is 3. The Labute approximate surface area is 218 Å². The number of amides is 2. The molecule has 2 aromatic carbocycles. The zero-order chi connectivity index (χ0) is 26.2. The van der Waals surface area contributed by atoms with Crippen LogP contribution in [0.2, 0.25) is 5.02 Å². The SMILES string of the molecule is CCn1c(SCC(=O)Nc2cccc(C(=O)O)c2)nnc1C(CC(C)C)NC(=O)c1ccc(Cl)cc1. The van der Waals surface area contributed by atoms with Crippen molar-refractivity contribution in [1.29, 1.82) is 0 Å². The van der Waals surface area contributed by atoms with Gasteiger partial charge in [0.05, 0.1) is 17.4 Å². The molecular formula is C25H28ClN5O4S. The van der Waals surface area contributed by atoms with Gasteiger partial charge in [0.25, 0.3) is 5.91 Å². The van der Waals surface area contributed by atoms with Gasteiger partial charge in [-0.05, 0) is 61.7 Å². The highest BCUT2D eigenvalue weighted by Gasteiger charge is 2.24. The predicted octanol–water partition coefficient (Wildman–Crippen LogP) is 4.90. The summed E-state index contributed by atoms with van der Waals surface area (Å²) in [6, 6.07) is 12.3. The second-order valence-corrected chi connectivity index (χ2v) is 9.85. The monoisotopic (exact) mass is 529 g/mol. The average molecular weight is 530 g/mol. The van der Waals surface area contributed by atoms with Gasteiger partial charge in [-0.15, -0.1) is 10.2 Å². The number of aromatic nitrogens is 3. The topological polar surface area (TPSA) is 126 Å². The van der Waals surface area contributed by atoms with Crippen LogP contribution in [0.4, 0.5) is 5.69 Å². The number of carboxylic acid groups (broad SMARTS) is 1. The van der Waals surface area contributed by atoms with Crippen molar-refractivity contribution >= 4 is 46.8 Å². The summed E-state index contributed by atoms with van der Waals surface area (Å²) in [5.41, 5.74) is 0.988. The van der Waals surface area contributed by atoms with E-state index in [1.807, 2.05) is 11.5 Å². The van der Waals surface area contributed by atoms with E-state index in [1.54, 1.807) is 36.4 Å². The van der Waals surface area contributed by atoms with Crippen LogP contribution in [0.1, 0.15) is 59.8 Å². The molecule has 190 valence electrons. The Kier molecular flexibility index (Phi) is 9.49. The minimum atomic E-state index is -1.07. The molecule has 3 aromatic rings. The number of aromatic carboxylic acids is 1. The summed E-state index contributed by atoms with van der Waals surface area (Å²) in [5, 5.41) is 24.6. The Bertz CT molecular complexity index is 1230. The van der Waals surface area contributed by atoms with Gasteiger partial charge in [0.15, 0.2) is 11.0 Å². The number of thioether (sulfide) groups is 1. The van der Waals surface area contributed by atoms with Crippen molar-refractivity contribution in [2.75, 3.05) is 11.1 Å². The van der Waals surface area contributed by atoms with E-state index >= 15 is 0 Å². The lowest BCUT2D eigenvalue weighted by molar-refractivity contribution is -0.113. The summed E-state index contributed by atoms with van der Waals surface area (Å²) in [7, 11) is 0. The molecule has 0 aliphatic carbocycles. The fourth-order valence-corrected chi connectivity index (χ4v) is 4.50. The summed E-state index contributed by atoms with van der Waals surface area (Å²) in [4.78, 5) is 36.5. The zero-order valence-electron chi connectivity index (χ0n) is 20.2. The fraction of sp³-hybridized carbons (Fsp3) is 0.320. The highest BCUT2D eigenvalue weighted by atomic mass is 35.5. The minimum absolute atomic E-state index is 0.0570. The first-order valence-electron chi connectivity index (χ1n) is 11.4. The molecule has 0 fully saturated rings. The molecule has 1 atom stereocenters. The molecule has 1 aromatic heterocycles. The summed E-state index contributed by atoms with van der Waals surface area (Å²) < 4.78 is 1.89. The van der Waals surface area contributed by atoms with Crippen molar-refractivity contribution in [1.82, 2.24) is 20.1 Å². The summed E-state index contributed by atoms with van der Waals surface area (Å²) in [6.45, 7) is 6.63. The van der Waals surface area contributed by atoms with Crippen molar-refractivity contribution in [2.45, 2.75) is 44.9 Å². The van der Waals surface area contributed by atoms with Gasteiger partial charge >= 0.3 is 5.97 Å². The van der Waals surface area contributed by atoms with Crippen molar-refractivity contribution in [3.63, 3.8) is 0 Å². The van der Waals surface area contributed by atoms with Crippen LogP contribution in [-0.2, 0) is 11.3 Å². The Morgan fingerprint density at radius 1 is 1.08 bits per heavy atom. The lowest BCUT2D eigenvalue weighted by Crippen LogP contribution is -2.31. The lowest BCUT2D eigenvalue weighted by atomic mass is 10.0. The number of halogens is 1. The number of carboxylic acids is 1. The molecule has 2 amide bonds. The van der Waals surface area contributed by atoms with Crippen LogP contribution in [0.5, 0.6) is 0 Å². The Balaban J connectivity index is 1.71. The first-order chi connectivity index (χ1) is 17.2. The van der Waals surface area contributed by atoms with Gasteiger partial charge in [0, 0.05) is 22.8 Å². The van der Waals surface area contributed by atoms with Crippen LogP contribution >= 0.6 is 23.4 Å². The summed E-state index contributed by atoms with van der Waals surface area (Å²) in [6.07, 6.45) is 0.655. The number of carbonyl (C=O) groups excluding carboxylic acids is 2. The zero-order valence-corrected chi connectivity index (χ0v) is 21.8. The summed E-state index contributed by atoms with van der Waals surface area (Å²) >= 11 is 7.16. The van der Waals surface area contributed by atoms with Crippen molar-refractivity contribution in [3.05, 3.63) is 70.5 Å². The third-order valence-electron chi connectivity index (χ3n) is 5.22. The van der Waals surface area contributed by atoms with E-state index in [0.717, 1.165) is 0 Å². The first-order valence-corrected chi connectivity index (χ1v) is 12.8. The van der Waals surface area contributed by atoms with E-state index in [9.17, 15) is 14.4 Å². The molecule has 9 nitrogen and oxygen atoms in total. The first kappa shape index (κ1) is 27.2. The second kappa shape index (κ2) is 12.5. The molecule has 11 heteroatoms. The largest absolute Gasteiger partial charge is 0.478 e. The van der Waals surface area contributed by atoms with Crippen LogP contribution in [0.3, 0.4) is 0 Å². The molecule has 0 aliphatic heterocycles. The van der Waals surface area contributed by atoms with E-state index in [1.165, 1.54) is 23.9 Å². The van der Waals surface area contributed by atoms with Gasteiger partial charge in [-0.2, -0.15) is 0 Å². The third kappa shape index (κ3) is 7.32. The second-order valence-electron chi connectivity index (χ2n) is 8.47. The van der Waals surface area contributed by atoms with Crippen LogP contribution < -0.4 is 10.6 Å². The van der Waals surface area contributed by atoms with E-state index in [-0.39, 0.29) is 35.1 Å². The number of hydrogen-bond donors (Lipinski definition) is 3. The van der Waals surface area contributed by atoms with Crippen LogP contribution in [-0.4, -0.2) is 43.4 Å². The average Bonchev–Trinajstić information content (AvgIpc) is 3.25. The molecule has 0 radical (unpaired) electrons. The quantitative estimate of drug-likeness (QED) is 0.301. The number of benzene rings is 2. The molecule has 0 bridgehead atoms.